The second-order valence-electron chi connectivity index (χ2n) is 4.36. The van der Waals surface area contributed by atoms with Crippen LogP contribution in [-0.4, -0.2) is 7.85 Å². The first-order chi connectivity index (χ1) is 5.51. The van der Waals surface area contributed by atoms with E-state index in [1.807, 2.05) is 0 Å². The Morgan fingerprint density at radius 3 is 2.50 bits per heavy atom. The van der Waals surface area contributed by atoms with Gasteiger partial charge < -0.3 is 0 Å². The molecule has 0 bridgehead atoms. The molecule has 1 aliphatic carbocycles. The maximum absolute atomic E-state index is 5.86. The third-order valence-corrected chi connectivity index (χ3v) is 3.59. The number of allylic oxidation sites excluding steroid dienone is 2. The van der Waals surface area contributed by atoms with E-state index in [-0.39, 0.29) is 5.82 Å². The van der Waals surface area contributed by atoms with Crippen LogP contribution < -0.4 is 0 Å². The summed E-state index contributed by atoms with van der Waals surface area (Å²) in [5.74, 6) is 0.242. The Labute approximate surface area is 77.8 Å². The molecule has 0 nitrogen and oxygen atoms in total. The molecule has 1 aliphatic rings. The van der Waals surface area contributed by atoms with Crippen LogP contribution in [0.4, 0.5) is 0 Å². The molecule has 0 aromatic heterocycles. The first kappa shape index (κ1) is 9.89. The van der Waals surface area contributed by atoms with Crippen LogP contribution >= 0.6 is 0 Å². The molecule has 1 fully saturated rings. The minimum Gasteiger partial charge on any atom is -0.0794 e. The van der Waals surface area contributed by atoms with Gasteiger partial charge in [-0.25, -0.2) is 0 Å². The lowest BCUT2D eigenvalue weighted by Gasteiger charge is -2.43. The molecule has 0 amide bonds. The standard InChI is InChI=1S/C11H19B/c1-5-11(4)7-6-10(11)8(2)9(3)12/h9H,5-7H2,1-4H3/b10-8-. The second-order valence-corrected chi connectivity index (χ2v) is 4.36. The summed E-state index contributed by atoms with van der Waals surface area (Å²) >= 11 is 0. The van der Waals surface area contributed by atoms with Crippen molar-refractivity contribution in [1.82, 2.24) is 0 Å². The molecule has 2 radical (unpaired) electrons. The summed E-state index contributed by atoms with van der Waals surface area (Å²) in [6.45, 7) is 8.90. The Bertz CT molecular complexity index is 199. The van der Waals surface area contributed by atoms with E-state index < -0.39 is 0 Å². The Morgan fingerprint density at radius 1 is 1.67 bits per heavy atom. The molecule has 1 rings (SSSR count). The van der Waals surface area contributed by atoms with Crippen LogP contribution in [0.15, 0.2) is 11.1 Å². The van der Waals surface area contributed by atoms with Gasteiger partial charge in [0.2, 0.25) is 0 Å². The van der Waals surface area contributed by atoms with Gasteiger partial charge >= 0.3 is 0 Å². The highest BCUT2D eigenvalue weighted by Crippen LogP contribution is 2.51. The monoisotopic (exact) mass is 162 g/mol. The summed E-state index contributed by atoms with van der Waals surface area (Å²) in [5, 5.41) is 0. The van der Waals surface area contributed by atoms with Gasteiger partial charge in [-0.05, 0) is 31.6 Å². The summed E-state index contributed by atoms with van der Waals surface area (Å²) in [6, 6.07) is 0. The Balaban J connectivity index is 2.83. The molecule has 66 valence electrons. The van der Waals surface area contributed by atoms with Crippen LogP contribution in [0.3, 0.4) is 0 Å². The largest absolute Gasteiger partial charge is 0.0794 e. The molecular weight excluding hydrogens is 143 g/mol. The van der Waals surface area contributed by atoms with Crippen LogP contribution in [0.25, 0.3) is 0 Å². The van der Waals surface area contributed by atoms with E-state index in [0.717, 1.165) is 0 Å². The van der Waals surface area contributed by atoms with E-state index in [9.17, 15) is 0 Å². The van der Waals surface area contributed by atoms with Crippen molar-refractivity contribution in [1.29, 1.82) is 0 Å². The van der Waals surface area contributed by atoms with Gasteiger partial charge in [0.15, 0.2) is 0 Å². The minimum atomic E-state index is 0.242. The van der Waals surface area contributed by atoms with Crippen LogP contribution in [0.2, 0.25) is 5.82 Å². The number of rotatable bonds is 2. The molecule has 12 heavy (non-hydrogen) atoms. The molecular formula is C11H19B. The van der Waals surface area contributed by atoms with Crippen molar-refractivity contribution in [3.63, 3.8) is 0 Å². The fraction of sp³-hybridized carbons (Fsp3) is 0.818. The maximum Gasteiger partial charge on any atom is 0.0755 e. The van der Waals surface area contributed by atoms with Gasteiger partial charge in [0.05, 0.1) is 7.85 Å². The third-order valence-electron chi connectivity index (χ3n) is 3.59. The lowest BCUT2D eigenvalue weighted by molar-refractivity contribution is 0.256. The van der Waals surface area contributed by atoms with E-state index in [4.69, 9.17) is 7.85 Å². The first-order valence-electron chi connectivity index (χ1n) is 4.97. The Morgan fingerprint density at radius 2 is 2.25 bits per heavy atom. The van der Waals surface area contributed by atoms with Crippen molar-refractivity contribution in [2.24, 2.45) is 5.41 Å². The fourth-order valence-corrected chi connectivity index (χ4v) is 2.01. The highest BCUT2D eigenvalue weighted by atomic mass is 14.4. The van der Waals surface area contributed by atoms with Crippen molar-refractivity contribution in [2.75, 3.05) is 0 Å². The van der Waals surface area contributed by atoms with Gasteiger partial charge in [-0.3, -0.25) is 0 Å². The van der Waals surface area contributed by atoms with Crippen molar-refractivity contribution in [3.05, 3.63) is 11.1 Å². The van der Waals surface area contributed by atoms with Crippen LogP contribution in [0.1, 0.15) is 47.0 Å². The summed E-state index contributed by atoms with van der Waals surface area (Å²) < 4.78 is 0. The molecule has 1 saturated carbocycles. The van der Waals surface area contributed by atoms with Gasteiger partial charge in [0, 0.05) is 0 Å². The minimum absolute atomic E-state index is 0.242. The average Bonchev–Trinajstić information content (AvgIpc) is 2.01. The Kier molecular flexibility index (Phi) is 2.70. The van der Waals surface area contributed by atoms with E-state index in [1.165, 1.54) is 24.8 Å². The van der Waals surface area contributed by atoms with E-state index in [1.54, 1.807) is 5.57 Å². The quantitative estimate of drug-likeness (QED) is 0.430. The zero-order chi connectivity index (χ0) is 9.35. The highest BCUT2D eigenvalue weighted by Gasteiger charge is 2.36. The van der Waals surface area contributed by atoms with Crippen LogP contribution in [0, 0.1) is 5.41 Å². The molecule has 0 spiro atoms. The summed E-state index contributed by atoms with van der Waals surface area (Å²) in [7, 11) is 5.86. The van der Waals surface area contributed by atoms with E-state index >= 15 is 0 Å². The Hall–Kier alpha value is -0.195. The van der Waals surface area contributed by atoms with Gasteiger partial charge in [-0.2, -0.15) is 0 Å². The van der Waals surface area contributed by atoms with Crippen molar-refractivity contribution in [3.8, 4) is 0 Å². The molecule has 2 unspecified atom stereocenters. The maximum atomic E-state index is 5.86. The van der Waals surface area contributed by atoms with Crippen molar-refractivity contribution < 1.29 is 0 Å². The molecule has 2 atom stereocenters. The fourth-order valence-electron chi connectivity index (χ4n) is 2.01. The van der Waals surface area contributed by atoms with Gasteiger partial charge in [-0.1, -0.05) is 37.7 Å². The average molecular weight is 162 g/mol. The smallest absolute Gasteiger partial charge is 0.0755 e. The molecule has 0 heterocycles. The molecule has 0 N–H and O–H groups in total. The second kappa shape index (κ2) is 3.28. The van der Waals surface area contributed by atoms with Crippen LogP contribution in [-0.2, 0) is 0 Å². The summed E-state index contributed by atoms with van der Waals surface area (Å²) in [4.78, 5) is 0. The molecule has 0 aliphatic heterocycles. The summed E-state index contributed by atoms with van der Waals surface area (Å²) in [6.07, 6.45) is 3.88. The topological polar surface area (TPSA) is 0 Å². The highest BCUT2D eigenvalue weighted by molar-refractivity contribution is 6.13. The first-order valence-corrected chi connectivity index (χ1v) is 4.97. The molecule has 0 aromatic rings. The van der Waals surface area contributed by atoms with Gasteiger partial charge in [-0.15, -0.1) is 0 Å². The lowest BCUT2D eigenvalue weighted by Crippen LogP contribution is -2.29. The molecule has 0 saturated heterocycles. The normalized spacial score (nSPS) is 35.7. The van der Waals surface area contributed by atoms with Crippen molar-refractivity contribution >= 4 is 7.85 Å². The zero-order valence-corrected chi connectivity index (χ0v) is 8.78. The number of hydrogen-bond acceptors (Lipinski definition) is 0. The van der Waals surface area contributed by atoms with Gasteiger partial charge in [0.25, 0.3) is 0 Å². The predicted octanol–water partition coefficient (Wildman–Crippen LogP) is 3.49. The summed E-state index contributed by atoms with van der Waals surface area (Å²) in [5.41, 5.74) is 3.53. The third kappa shape index (κ3) is 1.46. The van der Waals surface area contributed by atoms with Crippen LogP contribution in [0.5, 0.6) is 0 Å². The van der Waals surface area contributed by atoms with E-state index in [2.05, 4.69) is 27.7 Å². The van der Waals surface area contributed by atoms with Crippen molar-refractivity contribution in [2.45, 2.75) is 52.8 Å². The lowest BCUT2D eigenvalue weighted by atomic mass is 9.60. The predicted molar refractivity (Wildman–Crippen MR) is 55.5 cm³/mol. The van der Waals surface area contributed by atoms with E-state index in [0.29, 0.717) is 5.41 Å². The SMILES string of the molecule is [B]C(C)/C(C)=C1/CCC1(C)CC. The van der Waals surface area contributed by atoms with Gasteiger partial charge in [0.1, 0.15) is 0 Å². The zero-order valence-electron chi connectivity index (χ0n) is 8.78. The number of hydrogen-bond donors (Lipinski definition) is 0. The molecule has 0 aromatic carbocycles. The molecule has 1 heteroatoms.